The summed E-state index contributed by atoms with van der Waals surface area (Å²) in [6, 6.07) is 15.6. The van der Waals surface area contributed by atoms with Crippen LogP contribution in [0.2, 0.25) is 0 Å². The molecule has 156 valence electrons. The van der Waals surface area contributed by atoms with Crippen LogP contribution < -0.4 is 10.1 Å². The fraction of sp³-hybridized carbons (Fsp3) is 0.238. The number of carbonyl (C=O) groups is 2. The Morgan fingerprint density at radius 3 is 2.63 bits per heavy atom. The average Bonchev–Trinajstić information content (AvgIpc) is 3.16. The second-order valence-corrected chi connectivity index (χ2v) is 7.32. The lowest BCUT2D eigenvalue weighted by atomic mass is 10.2. The van der Waals surface area contributed by atoms with E-state index in [1.807, 2.05) is 48.7 Å². The van der Waals surface area contributed by atoms with E-state index < -0.39 is 5.97 Å². The van der Waals surface area contributed by atoms with Gasteiger partial charge in [0.25, 0.3) is 0 Å². The van der Waals surface area contributed by atoms with Gasteiger partial charge in [0.2, 0.25) is 5.91 Å². The first kappa shape index (κ1) is 21.4. The van der Waals surface area contributed by atoms with E-state index in [2.05, 4.69) is 15.5 Å². The molecule has 0 bridgehead atoms. The number of ether oxygens (including phenoxy) is 1. The van der Waals surface area contributed by atoms with Gasteiger partial charge in [-0.05, 0) is 44.2 Å². The molecule has 1 aromatic heterocycles. The van der Waals surface area contributed by atoms with Gasteiger partial charge in [0.05, 0.1) is 11.3 Å². The number of thioether (sulfide) groups is 1. The lowest BCUT2D eigenvalue weighted by Crippen LogP contribution is -2.15. The molecular formula is C21H22N4O4S. The number of hydrogen-bond donors (Lipinski definition) is 2. The molecule has 8 nitrogen and oxygen atoms in total. The average molecular weight is 426 g/mol. The van der Waals surface area contributed by atoms with Crippen LogP contribution in [-0.4, -0.2) is 37.5 Å². The van der Waals surface area contributed by atoms with Crippen molar-refractivity contribution < 1.29 is 19.4 Å². The minimum absolute atomic E-state index is 0.114. The topological polar surface area (TPSA) is 106 Å². The predicted molar refractivity (Wildman–Crippen MR) is 114 cm³/mol. The summed E-state index contributed by atoms with van der Waals surface area (Å²) in [6.45, 7) is 4.51. The number of para-hydroxylation sites is 1. The van der Waals surface area contributed by atoms with Crippen LogP contribution in [-0.2, 0) is 11.3 Å². The Bertz CT molecular complexity index is 1020. The molecule has 1 amide bonds. The van der Waals surface area contributed by atoms with Crippen molar-refractivity contribution in [1.29, 1.82) is 0 Å². The maximum Gasteiger partial charge on any atom is 0.335 e. The number of carboxylic acid groups (broad SMARTS) is 1. The fourth-order valence-corrected chi connectivity index (χ4v) is 3.63. The summed E-state index contributed by atoms with van der Waals surface area (Å²) in [4.78, 5) is 23.3. The Morgan fingerprint density at radius 1 is 1.17 bits per heavy atom. The van der Waals surface area contributed by atoms with Crippen molar-refractivity contribution in [3.8, 4) is 5.75 Å². The van der Waals surface area contributed by atoms with Crippen LogP contribution in [0.1, 0.15) is 36.1 Å². The summed E-state index contributed by atoms with van der Waals surface area (Å²) in [5.41, 5.74) is 0.547. The van der Waals surface area contributed by atoms with Crippen molar-refractivity contribution in [2.75, 3.05) is 11.1 Å². The Labute approximate surface area is 178 Å². The minimum Gasteiger partial charge on any atom is -0.483 e. The molecule has 2 aromatic carbocycles. The van der Waals surface area contributed by atoms with Crippen LogP contribution in [0.3, 0.4) is 0 Å². The molecule has 3 rings (SSSR count). The van der Waals surface area contributed by atoms with Crippen LogP contribution in [0.25, 0.3) is 0 Å². The number of nitrogens with one attached hydrogen (secondary N) is 1. The summed E-state index contributed by atoms with van der Waals surface area (Å²) < 4.78 is 7.84. The first-order valence-electron chi connectivity index (χ1n) is 9.38. The highest BCUT2D eigenvalue weighted by molar-refractivity contribution is 7.99. The normalized spacial score (nSPS) is 11.7. The number of carbonyl (C=O) groups excluding carboxylic acids is 1. The molecule has 0 saturated heterocycles. The quantitative estimate of drug-likeness (QED) is 0.500. The van der Waals surface area contributed by atoms with E-state index in [-0.39, 0.29) is 23.3 Å². The van der Waals surface area contributed by atoms with Crippen molar-refractivity contribution in [2.24, 2.45) is 0 Å². The van der Waals surface area contributed by atoms with Crippen molar-refractivity contribution >= 4 is 29.3 Å². The number of rotatable bonds is 9. The summed E-state index contributed by atoms with van der Waals surface area (Å²) in [6.07, 6.45) is -0.304. The number of aromatic carboxylic acids is 1. The maximum atomic E-state index is 12.3. The van der Waals surface area contributed by atoms with Gasteiger partial charge in [-0.3, -0.25) is 4.79 Å². The zero-order valence-corrected chi connectivity index (χ0v) is 17.4. The van der Waals surface area contributed by atoms with Crippen molar-refractivity contribution in [3.05, 3.63) is 66.0 Å². The van der Waals surface area contributed by atoms with Gasteiger partial charge in [-0.1, -0.05) is 36.0 Å². The van der Waals surface area contributed by atoms with Gasteiger partial charge >= 0.3 is 5.97 Å². The van der Waals surface area contributed by atoms with Crippen molar-refractivity contribution in [1.82, 2.24) is 14.8 Å². The van der Waals surface area contributed by atoms with Gasteiger partial charge in [0.1, 0.15) is 5.75 Å². The van der Waals surface area contributed by atoms with Crippen molar-refractivity contribution in [2.45, 2.75) is 31.7 Å². The van der Waals surface area contributed by atoms with Crippen LogP contribution in [0.5, 0.6) is 5.75 Å². The Morgan fingerprint density at radius 2 is 1.93 bits per heavy atom. The molecule has 3 aromatic rings. The Hall–Kier alpha value is -3.33. The largest absolute Gasteiger partial charge is 0.483 e. The van der Waals surface area contributed by atoms with Crippen LogP contribution in [0, 0.1) is 0 Å². The molecular weight excluding hydrogens is 404 g/mol. The fourth-order valence-electron chi connectivity index (χ4n) is 2.82. The Balaban J connectivity index is 1.62. The first-order chi connectivity index (χ1) is 14.5. The van der Waals surface area contributed by atoms with E-state index in [1.165, 1.54) is 23.9 Å². The lowest BCUT2D eigenvalue weighted by molar-refractivity contribution is -0.113. The highest BCUT2D eigenvalue weighted by atomic mass is 32.2. The van der Waals surface area contributed by atoms with Gasteiger partial charge in [-0.2, -0.15) is 0 Å². The number of amides is 1. The number of benzene rings is 2. The van der Waals surface area contributed by atoms with Gasteiger partial charge in [-0.25, -0.2) is 4.79 Å². The molecule has 0 fully saturated rings. The summed E-state index contributed by atoms with van der Waals surface area (Å²) >= 11 is 1.26. The molecule has 0 radical (unpaired) electrons. The number of nitrogens with zero attached hydrogens (tertiary/aromatic N) is 3. The van der Waals surface area contributed by atoms with Crippen LogP contribution in [0.15, 0.2) is 59.8 Å². The molecule has 0 aliphatic heterocycles. The lowest BCUT2D eigenvalue weighted by Gasteiger charge is -2.15. The van der Waals surface area contributed by atoms with Gasteiger partial charge < -0.3 is 19.7 Å². The molecule has 2 N–H and O–H groups in total. The number of aromatic nitrogens is 3. The highest BCUT2D eigenvalue weighted by Gasteiger charge is 2.19. The smallest absolute Gasteiger partial charge is 0.335 e. The van der Waals surface area contributed by atoms with Crippen molar-refractivity contribution in [3.63, 3.8) is 0 Å². The zero-order valence-electron chi connectivity index (χ0n) is 16.6. The third-order valence-electron chi connectivity index (χ3n) is 4.21. The molecule has 1 heterocycles. The monoisotopic (exact) mass is 426 g/mol. The molecule has 0 aliphatic rings. The number of anilines is 1. The molecule has 0 aliphatic carbocycles. The molecule has 1 atom stereocenters. The Kier molecular flexibility index (Phi) is 7.08. The standard InChI is InChI=1S/C21H22N4O4S/c1-3-25-19(14(2)29-17-10-5-4-6-11-17)23-24-21(25)30-13-18(26)22-16-9-7-8-15(12-16)20(27)28/h4-12,14H,3,13H2,1-2H3,(H,22,26)(H,27,28)/t14-/m0/s1. The van der Waals surface area contributed by atoms with E-state index in [9.17, 15) is 9.59 Å². The van der Waals surface area contributed by atoms with E-state index in [0.29, 0.717) is 23.2 Å². The SMILES string of the molecule is CCn1c(SCC(=O)Nc2cccc(C(=O)O)c2)nnc1[C@H](C)Oc1ccccc1. The summed E-state index contributed by atoms with van der Waals surface area (Å²) in [7, 11) is 0. The van der Waals surface area contributed by atoms with E-state index in [4.69, 9.17) is 9.84 Å². The minimum atomic E-state index is -1.05. The molecule has 9 heteroatoms. The molecule has 30 heavy (non-hydrogen) atoms. The number of hydrogen-bond acceptors (Lipinski definition) is 6. The van der Waals surface area contributed by atoms with E-state index in [1.54, 1.807) is 12.1 Å². The summed E-state index contributed by atoms with van der Waals surface area (Å²) in [5, 5.41) is 20.8. The molecule has 0 unspecified atom stereocenters. The third-order valence-corrected chi connectivity index (χ3v) is 5.17. The van der Waals surface area contributed by atoms with Gasteiger partial charge in [0, 0.05) is 12.2 Å². The van der Waals surface area contributed by atoms with E-state index in [0.717, 1.165) is 5.75 Å². The van der Waals surface area contributed by atoms with Gasteiger partial charge in [-0.15, -0.1) is 10.2 Å². The maximum absolute atomic E-state index is 12.3. The van der Waals surface area contributed by atoms with Crippen LogP contribution in [0.4, 0.5) is 5.69 Å². The highest BCUT2D eigenvalue weighted by Crippen LogP contribution is 2.24. The zero-order chi connectivity index (χ0) is 21.5. The van der Waals surface area contributed by atoms with E-state index >= 15 is 0 Å². The third kappa shape index (κ3) is 5.38. The summed E-state index contributed by atoms with van der Waals surface area (Å²) in [5.74, 6) is 0.231. The van der Waals surface area contributed by atoms with Crippen LogP contribution >= 0.6 is 11.8 Å². The second-order valence-electron chi connectivity index (χ2n) is 6.38. The predicted octanol–water partition coefficient (Wildman–Crippen LogP) is 3.87. The first-order valence-corrected chi connectivity index (χ1v) is 10.4. The molecule has 0 spiro atoms. The number of carboxylic acids is 1. The second kappa shape index (κ2) is 9.93. The molecule has 0 saturated carbocycles. The van der Waals surface area contributed by atoms with Gasteiger partial charge in [0.15, 0.2) is 17.1 Å².